The van der Waals surface area contributed by atoms with Crippen LogP contribution in [0.25, 0.3) is 16.9 Å². The number of methoxy groups -OCH3 is 1. The van der Waals surface area contributed by atoms with E-state index >= 15 is 0 Å². The van der Waals surface area contributed by atoms with E-state index in [0.717, 1.165) is 53.9 Å². The number of nitrogens with one attached hydrogen (secondary N) is 1. The lowest BCUT2D eigenvalue weighted by Crippen LogP contribution is -2.23. The molecule has 1 atom stereocenters. The molecule has 0 aliphatic carbocycles. The monoisotopic (exact) mass is 379 g/mol. The maximum absolute atomic E-state index is 13.0. The number of amides is 1. The van der Waals surface area contributed by atoms with E-state index in [1.54, 1.807) is 7.11 Å². The number of hydrogen-bond donors (Lipinski definition) is 1. The normalized spacial score (nSPS) is 12.1. The second-order valence-corrected chi connectivity index (χ2v) is 7.18. The zero-order valence-corrected chi connectivity index (χ0v) is 17.2. The van der Waals surface area contributed by atoms with Crippen molar-refractivity contribution in [1.29, 1.82) is 0 Å². The minimum Gasteiger partial charge on any atom is -0.496 e. The number of ether oxygens (including phenoxy) is 1. The van der Waals surface area contributed by atoms with Gasteiger partial charge in [-0.3, -0.25) is 9.20 Å². The lowest BCUT2D eigenvalue weighted by atomic mass is 9.98. The molecular weight excluding hydrogens is 350 g/mol. The van der Waals surface area contributed by atoms with Crippen LogP contribution in [0.4, 0.5) is 5.82 Å². The first-order valence-corrected chi connectivity index (χ1v) is 10.0. The molecule has 0 saturated heterocycles. The number of pyridine rings is 1. The van der Waals surface area contributed by atoms with Crippen molar-refractivity contribution >= 4 is 17.4 Å². The van der Waals surface area contributed by atoms with Crippen LogP contribution in [0, 0.1) is 12.8 Å². The third kappa shape index (κ3) is 4.03. The highest BCUT2D eigenvalue weighted by atomic mass is 16.5. The molecule has 2 aromatic heterocycles. The molecule has 1 N–H and O–H groups in total. The Hall–Kier alpha value is -2.82. The van der Waals surface area contributed by atoms with Gasteiger partial charge >= 0.3 is 0 Å². The van der Waals surface area contributed by atoms with Crippen molar-refractivity contribution in [2.24, 2.45) is 5.92 Å². The number of para-hydroxylation sites is 1. The molecule has 5 heteroatoms. The van der Waals surface area contributed by atoms with Gasteiger partial charge in [0.05, 0.1) is 7.11 Å². The van der Waals surface area contributed by atoms with Gasteiger partial charge in [-0.15, -0.1) is 0 Å². The molecule has 0 saturated carbocycles. The number of aromatic nitrogens is 2. The summed E-state index contributed by atoms with van der Waals surface area (Å²) in [7, 11) is 1.65. The van der Waals surface area contributed by atoms with Crippen LogP contribution in [0.15, 0.2) is 42.6 Å². The predicted octanol–water partition coefficient (Wildman–Crippen LogP) is 5.47. The standard InChI is InChI=1S/C23H29N3O2/c1-5-7-10-17(6-2)23(27)25-22-21(18-11-8-9-12-19(18)28-4)24-20-14-13-16(3)15-26(20)22/h8-9,11-15,17H,5-7,10H2,1-4H3,(H,25,27). The Bertz CT molecular complexity index is 962. The van der Waals surface area contributed by atoms with Crippen molar-refractivity contribution in [3.8, 4) is 17.0 Å². The zero-order chi connectivity index (χ0) is 20.1. The van der Waals surface area contributed by atoms with Crippen molar-refractivity contribution in [1.82, 2.24) is 9.38 Å². The highest BCUT2D eigenvalue weighted by Crippen LogP contribution is 2.35. The minimum absolute atomic E-state index is 0.000767. The summed E-state index contributed by atoms with van der Waals surface area (Å²) in [6, 6.07) is 11.8. The molecule has 0 radical (unpaired) electrons. The van der Waals surface area contributed by atoms with Gasteiger partial charge in [0, 0.05) is 17.7 Å². The lowest BCUT2D eigenvalue weighted by Gasteiger charge is -2.16. The predicted molar refractivity (Wildman–Crippen MR) is 114 cm³/mol. The van der Waals surface area contributed by atoms with Gasteiger partial charge in [0.2, 0.25) is 5.91 Å². The first-order chi connectivity index (χ1) is 13.6. The van der Waals surface area contributed by atoms with E-state index in [2.05, 4.69) is 19.2 Å². The lowest BCUT2D eigenvalue weighted by molar-refractivity contribution is -0.120. The van der Waals surface area contributed by atoms with Gasteiger partial charge in [-0.25, -0.2) is 4.98 Å². The van der Waals surface area contributed by atoms with E-state index in [1.807, 2.05) is 53.9 Å². The van der Waals surface area contributed by atoms with Gasteiger partial charge in [-0.2, -0.15) is 0 Å². The van der Waals surface area contributed by atoms with E-state index in [1.165, 1.54) is 0 Å². The van der Waals surface area contributed by atoms with Crippen LogP contribution in [0.2, 0.25) is 0 Å². The maximum atomic E-state index is 13.0. The smallest absolute Gasteiger partial charge is 0.228 e. The van der Waals surface area contributed by atoms with Crippen molar-refractivity contribution in [2.75, 3.05) is 12.4 Å². The molecule has 3 rings (SSSR count). The molecule has 0 spiro atoms. The second-order valence-electron chi connectivity index (χ2n) is 7.18. The van der Waals surface area contributed by atoms with Gasteiger partial charge in [0.15, 0.2) is 0 Å². The minimum atomic E-state index is 0.000767. The maximum Gasteiger partial charge on any atom is 0.228 e. The molecular formula is C23H29N3O2. The number of rotatable bonds is 8. The fraction of sp³-hybridized carbons (Fsp3) is 0.391. The van der Waals surface area contributed by atoms with Crippen LogP contribution >= 0.6 is 0 Å². The fourth-order valence-electron chi connectivity index (χ4n) is 3.49. The summed E-state index contributed by atoms with van der Waals surface area (Å²) in [5, 5.41) is 3.18. The third-order valence-corrected chi connectivity index (χ3v) is 5.14. The van der Waals surface area contributed by atoms with E-state index in [4.69, 9.17) is 9.72 Å². The molecule has 0 fully saturated rings. The van der Waals surface area contributed by atoms with Crippen LogP contribution < -0.4 is 10.1 Å². The van der Waals surface area contributed by atoms with Gasteiger partial charge in [0.1, 0.15) is 22.9 Å². The highest BCUT2D eigenvalue weighted by Gasteiger charge is 2.22. The second kappa shape index (κ2) is 8.91. The molecule has 1 amide bonds. The van der Waals surface area contributed by atoms with Crippen LogP contribution in [-0.2, 0) is 4.79 Å². The molecule has 3 aromatic rings. The molecule has 1 aromatic carbocycles. The summed E-state index contributed by atoms with van der Waals surface area (Å²) in [5.74, 6) is 1.48. The number of unbranched alkanes of at least 4 members (excludes halogenated alkanes) is 1. The van der Waals surface area contributed by atoms with Crippen molar-refractivity contribution < 1.29 is 9.53 Å². The highest BCUT2D eigenvalue weighted by molar-refractivity contribution is 5.96. The molecule has 5 nitrogen and oxygen atoms in total. The van der Waals surface area contributed by atoms with E-state index in [-0.39, 0.29) is 11.8 Å². The zero-order valence-electron chi connectivity index (χ0n) is 17.2. The van der Waals surface area contributed by atoms with Gasteiger partial charge in [0.25, 0.3) is 0 Å². The summed E-state index contributed by atoms with van der Waals surface area (Å²) in [5.41, 5.74) is 3.48. The van der Waals surface area contributed by atoms with Crippen molar-refractivity contribution in [2.45, 2.75) is 46.5 Å². The van der Waals surface area contributed by atoms with Crippen LogP contribution in [0.5, 0.6) is 5.75 Å². The number of fused-ring (bicyclic) bond motifs is 1. The topological polar surface area (TPSA) is 55.6 Å². The first kappa shape index (κ1) is 19.9. The fourth-order valence-corrected chi connectivity index (χ4v) is 3.49. The van der Waals surface area contributed by atoms with Crippen LogP contribution in [0.3, 0.4) is 0 Å². The van der Waals surface area contributed by atoms with Gasteiger partial charge < -0.3 is 10.1 Å². The molecule has 1 unspecified atom stereocenters. The number of benzene rings is 1. The molecule has 0 bridgehead atoms. The summed E-state index contributed by atoms with van der Waals surface area (Å²) in [6.07, 6.45) is 5.87. The Labute approximate surface area is 166 Å². The van der Waals surface area contributed by atoms with Crippen molar-refractivity contribution in [3.05, 3.63) is 48.2 Å². The third-order valence-electron chi connectivity index (χ3n) is 5.14. The Kier molecular flexibility index (Phi) is 6.34. The summed E-state index contributed by atoms with van der Waals surface area (Å²) < 4.78 is 7.50. The molecule has 2 heterocycles. The first-order valence-electron chi connectivity index (χ1n) is 10.0. The van der Waals surface area contributed by atoms with Crippen LogP contribution in [0.1, 0.15) is 45.1 Å². The van der Waals surface area contributed by atoms with E-state index < -0.39 is 0 Å². The summed E-state index contributed by atoms with van der Waals surface area (Å²) >= 11 is 0. The Morgan fingerprint density at radius 3 is 2.71 bits per heavy atom. The molecule has 0 aliphatic rings. The Morgan fingerprint density at radius 1 is 1.21 bits per heavy atom. The number of hydrogen-bond acceptors (Lipinski definition) is 3. The number of carbonyl (C=O) groups is 1. The number of carbonyl (C=O) groups excluding carboxylic acids is 1. The number of imidazole rings is 1. The number of anilines is 1. The number of aryl methyl sites for hydroxylation is 1. The SMILES string of the molecule is CCCCC(CC)C(=O)Nc1c(-c2ccccc2OC)nc2ccc(C)cn12. The van der Waals surface area contributed by atoms with Crippen LogP contribution in [-0.4, -0.2) is 22.4 Å². The summed E-state index contributed by atoms with van der Waals surface area (Å²) in [6.45, 7) is 6.25. The number of nitrogens with zero attached hydrogens (tertiary/aromatic N) is 2. The molecule has 148 valence electrons. The quantitative estimate of drug-likeness (QED) is 0.564. The molecule has 28 heavy (non-hydrogen) atoms. The Balaban J connectivity index is 2.09. The largest absolute Gasteiger partial charge is 0.496 e. The summed E-state index contributed by atoms with van der Waals surface area (Å²) in [4.78, 5) is 17.8. The van der Waals surface area contributed by atoms with Gasteiger partial charge in [-0.05, 0) is 43.5 Å². The van der Waals surface area contributed by atoms with Crippen molar-refractivity contribution in [3.63, 3.8) is 0 Å². The average Bonchev–Trinajstić information content (AvgIpc) is 3.06. The Morgan fingerprint density at radius 2 is 2.00 bits per heavy atom. The van der Waals surface area contributed by atoms with E-state index in [9.17, 15) is 4.79 Å². The molecule has 0 aliphatic heterocycles. The van der Waals surface area contributed by atoms with E-state index in [0.29, 0.717) is 5.82 Å². The average molecular weight is 380 g/mol. The van der Waals surface area contributed by atoms with Gasteiger partial charge in [-0.1, -0.05) is 44.9 Å².